The average Bonchev–Trinajstić information content (AvgIpc) is 3.52. The molecule has 1 amide bonds. The van der Waals surface area contributed by atoms with E-state index in [9.17, 15) is 31.2 Å². The Labute approximate surface area is 327 Å². The zero-order valence-corrected chi connectivity index (χ0v) is 33.0. The lowest BCUT2D eigenvalue weighted by molar-refractivity contribution is 0.0696. The van der Waals surface area contributed by atoms with E-state index in [0.29, 0.717) is 17.9 Å². The number of nitrogens with two attached hydrogens (primary N) is 1. The second-order valence-corrected chi connectivity index (χ2v) is 21.2. The number of carbonyl (C=O) groups is 2. The summed E-state index contributed by atoms with van der Waals surface area (Å²) in [6, 6.07) is 19.8. The van der Waals surface area contributed by atoms with Gasteiger partial charge in [-0.1, -0.05) is 50.0 Å². The number of aromatic nitrogens is 3. The lowest BCUT2D eigenvalue weighted by atomic mass is 10.1. The number of aromatic carboxylic acids is 1. The minimum atomic E-state index is -5.10. The molecule has 2 heterocycles. The van der Waals surface area contributed by atoms with E-state index in [4.69, 9.17) is 25.1 Å². The van der Waals surface area contributed by atoms with Crippen LogP contribution < -0.4 is 25.2 Å². The van der Waals surface area contributed by atoms with Crippen LogP contribution in [0.1, 0.15) is 31.8 Å². The third-order valence-corrected chi connectivity index (χ3v) is 11.0. The van der Waals surface area contributed by atoms with Gasteiger partial charge in [-0.3, -0.25) is 9.52 Å². The maximum atomic E-state index is 13.4. The Kier molecular flexibility index (Phi) is 13.6. The van der Waals surface area contributed by atoms with Crippen molar-refractivity contribution in [3.05, 3.63) is 113 Å². The molecule has 5 N–H and O–H groups in total. The van der Waals surface area contributed by atoms with Crippen LogP contribution in [0.2, 0.25) is 25.7 Å². The Morgan fingerprint density at radius 2 is 1.65 bits per heavy atom. The number of benzene rings is 3. The number of carboxylic acids is 1. The number of ether oxygens (including phenoxy) is 3. The van der Waals surface area contributed by atoms with Gasteiger partial charge >= 0.3 is 11.7 Å². The number of carboxylic acid groups (broad SMARTS) is 1. The lowest BCUT2D eigenvalue weighted by Gasteiger charge is -2.16. The first-order chi connectivity index (χ1) is 27.0. The standard InChI is InChI=1S/C38H41F3N6O8SSi/c1-57(2,3)19-18-53-23-47-36(44-32-15-13-29(21-43-32)55-22-25-4-8-26(9-5-25)37(49)50)33(35(42)48)34(45-47)27-10-14-30(46-56(51,52)38(40)41)31(20-27)54-17-16-24-6-11-28(39)12-7-24/h4-15,20-21,38,46H,16-19,22-23H2,1-3H3,(H2,42,48)(H,43,44)(H,49,50). The Morgan fingerprint density at radius 1 is 0.947 bits per heavy atom. The van der Waals surface area contributed by atoms with Crippen LogP contribution in [-0.2, 0) is 34.5 Å². The van der Waals surface area contributed by atoms with Gasteiger partial charge in [-0.2, -0.15) is 13.9 Å². The number of hydrogen-bond donors (Lipinski definition) is 4. The summed E-state index contributed by atoms with van der Waals surface area (Å²) in [5.74, 6) is -5.46. The van der Waals surface area contributed by atoms with Crippen molar-refractivity contribution in [3.63, 3.8) is 0 Å². The van der Waals surface area contributed by atoms with Gasteiger partial charge in [-0.05, 0) is 65.7 Å². The van der Waals surface area contributed by atoms with Crippen molar-refractivity contribution in [1.82, 2.24) is 14.8 Å². The van der Waals surface area contributed by atoms with Gasteiger partial charge in [0.1, 0.15) is 53.5 Å². The molecule has 0 spiro atoms. The maximum Gasteiger partial charge on any atom is 0.355 e. The molecule has 14 nitrogen and oxygen atoms in total. The van der Waals surface area contributed by atoms with Crippen molar-refractivity contribution in [2.75, 3.05) is 23.3 Å². The first-order valence-electron chi connectivity index (χ1n) is 17.5. The smallest absolute Gasteiger partial charge is 0.355 e. The van der Waals surface area contributed by atoms with Crippen LogP contribution in [0, 0.1) is 5.82 Å². The Hall–Kier alpha value is -5.92. The maximum absolute atomic E-state index is 13.4. The number of sulfonamides is 1. The molecule has 0 saturated heterocycles. The van der Waals surface area contributed by atoms with Crippen LogP contribution in [0.3, 0.4) is 0 Å². The van der Waals surface area contributed by atoms with E-state index in [1.54, 1.807) is 36.4 Å². The number of carbonyl (C=O) groups excluding carboxylic acids is 1. The van der Waals surface area contributed by atoms with Gasteiger partial charge in [0.2, 0.25) is 0 Å². The molecule has 5 aromatic rings. The highest BCUT2D eigenvalue weighted by molar-refractivity contribution is 7.93. The highest BCUT2D eigenvalue weighted by Gasteiger charge is 2.28. The van der Waals surface area contributed by atoms with E-state index in [1.807, 2.05) is 4.72 Å². The van der Waals surface area contributed by atoms with E-state index in [2.05, 4.69) is 35.0 Å². The number of rotatable bonds is 20. The summed E-state index contributed by atoms with van der Waals surface area (Å²) in [7, 11) is -6.57. The van der Waals surface area contributed by atoms with E-state index >= 15 is 0 Å². The molecule has 3 aromatic carbocycles. The van der Waals surface area contributed by atoms with Crippen LogP contribution in [-0.4, -0.2) is 67.2 Å². The van der Waals surface area contributed by atoms with Crippen LogP contribution in [0.25, 0.3) is 11.3 Å². The van der Waals surface area contributed by atoms with Crippen molar-refractivity contribution >= 4 is 47.3 Å². The molecule has 0 atom stereocenters. The van der Waals surface area contributed by atoms with Gasteiger partial charge < -0.3 is 30.4 Å². The molecular formula is C38H41F3N6O8SSi. The average molecular weight is 827 g/mol. The lowest BCUT2D eigenvalue weighted by Crippen LogP contribution is -2.22. The number of anilines is 3. The third-order valence-electron chi connectivity index (χ3n) is 8.30. The molecule has 19 heteroatoms. The Bertz CT molecular complexity index is 2290. The van der Waals surface area contributed by atoms with E-state index < -0.39 is 41.5 Å². The molecule has 2 aromatic heterocycles. The quantitative estimate of drug-likeness (QED) is 0.0461. The molecule has 0 unspecified atom stereocenters. The normalized spacial score (nSPS) is 11.7. The summed E-state index contributed by atoms with van der Waals surface area (Å²) in [4.78, 5) is 28.7. The van der Waals surface area contributed by atoms with Gasteiger partial charge in [-0.15, -0.1) is 0 Å². The van der Waals surface area contributed by atoms with Gasteiger partial charge in [-0.25, -0.2) is 27.3 Å². The number of halogens is 3. The summed E-state index contributed by atoms with van der Waals surface area (Å²) in [5.41, 5.74) is 7.40. The van der Waals surface area contributed by atoms with Gasteiger partial charge in [0.05, 0.1) is 24.1 Å². The number of nitrogens with one attached hydrogen (secondary N) is 2. The van der Waals surface area contributed by atoms with E-state index in [-0.39, 0.29) is 71.8 Å². The minimum absolute atomic E-state index is 0.0410. The molecule has 0 aliphatic carbocycles. The Morgan fingerprint density at radius 3 is 2.26 bits per heavy atom. The number of hydrogen-bond acceptors (Lipinski definition) is 10. The van der Waals surface area contributed by atoms with Crippen LogP contribution in [0.4, 0.5) is 30.5 Å². The third kappa shape index (κ3) is 11.8. The summed E-state index contributed by atoms with van der Waals surface area (Å²) in [6.07, 6.45) is 1.70. The molecule has 5 rings (SSSR count). The number of primary amides is 1. The molecule has 0 aliphatic rings. The summed E-state index contributed by atoms with van der Waals surface area (Å²) < 4.78 is 85.4. The largest absolute Gasteiger partial charge is 0.491 e. The second kappa shape index (κ2) is 18.3. The van der Waals surface area contributed by atoms with Crippen molar-refractivity contribution in [3.8, 4) is 22.8 Å². The SMILES string of the molecule is C[Si](C)(C)CCOCn1nc(-c2ccc(NS(=O)(=O)C(F)F)c(OCCc3ccc(F)cc3)c2)c(C(N)=O)c1Nc1ccc(OCc2ccc(C(=O)O)cc2)cn1. The van der Waals surface area contributed by atoms with Crippen molar-refractivity contribution in [2.24, 2.45) is 5.73 Å². The molecule has 0 saturated carbocycles. The summed E-state index contributed by atoms with van der Waals surface area (Å²) >= 11 is 0. The van der Waals surface area contributed by atoms with E-state index in [1.165, 1.54) is 53.3 Å². The number of amides is 1. The summed E-state index contributed by atoms with van der Waals surface area (Å²) in [5, 5.41) is 16.8. The topological polar surface area (TPSA) is 197 Å². The second-order valence-electron chi connectivity index (χ2n) is 13.9. The number of nitrogens with zero attached hydrogens (tertiary/aromatic N) is 3. The minimum Gasteiger partial charge on any atom is -0.491 e. The summed E-state index contributed by atoms with van der Waals surface area (Å²) in [6.45, 7) is 6.96. The van der Waals surface area contributed by atoms with Crippen molar-refractivity contribution < 1.29 is 50.5 Å². The molecule has 0 fully saturated rings. The van der Waals surface area contributed by atoms with Crippen molar-refractivity contribution in [1.29, 1.82) is 0 Å². The highest BCUT2D eigenvalue weighted by atomic mass is 32.2. The van der Waals surface area contributed by atoms with Crippen LogP contribution in [0.5, 0.6) is 11.5 Å². The van der Waals surface area contributed by atoms with E-state index in [0.717, 1.165) is 11.6 Å². The predicted molar refractivity (Wildman–Crippen MR) is 210 cm³/mol. The fourth-order valence-electron chi connectivity index (χ4n) is 5.22. The predicted octanol–water partition coefficient (Wildman–Crippen LogP) is 7.10. The molecule has 0 radical (unpaired) electrons. The molecule has 0 bridgehead atoms. The van der Waals surface area contributed by atoms with Crippen LogP contribution >= 0.6 is 0 Å². The molecule has 302 valence electrons. The number of alkyl halides is 2. The van der Waals surface area contributed by atoms with Gasteiger partial charge in [0.25, 0.3) is 15.9 Å². The fourth-order valence-corrected chi connectivity index (χ4v) is 6.54. The first kappa shape index (κ1) is 42.2. The zero-order chi connectivity index (χ0) is 41.3. The van der Waals surface area contributed by atoms with Gasteiger partial charge in [0.15, 0.2) is 0 Å². The zero-order valence-electron chi connectivity index (χ0n) is 31.2. The Balaban J connectivity index is 1.46. The highest BCUT2D eigenvalue weighted by Crippen LogP contribution is 2.36. The van der Waals surface area contributed by atoms with Crippen molar-refractivity contribution in [2.45, 2.75) is 51.2 Å². The van der Waals surface area contributed by atoms with Crippen LogP contribution in [0.15, 0.2) is 85.1 Å². The first-order valence-corrected chi connectivity index (χ1v) is 22.7. The number of pyridine rings is 1. The van der Waals surface area contributed by atoms with Gasteiger partial charge in [0, 0.05) is 26.7 Å². The fraction of sp³-hybridized carbons (Fsp3) is 0.263. The molecule has 0 aliphatic heterocycles. The monoisotopic (exact) mass is 826 g/mol. The molecule has 57 heavy (non-hydrogen) atoms. The molecular weight excluding hydrogens is 786 g/mol.